The summed E-state index contributed by atoms with van der Waals surface area (Å²) in [5, 5.41) is 8.80. The summed E-state index contributed by atoms with van der Waals surface area (Å²) in [4.78, 5) is 12.1. The average molecular weight is 351 g/mol. The third kappa shape index (κ3) is 5.37. The van der Waals surface area contributed by atoms with Gasteiger partial charge in [0, 0.05) is 10.0 Å². The summed E-state index contributed by atoms with van der Waals surface area (Å²) in [6.07, 6.45) is 3.73. The van der Waals surface area contributed by atoms with Crippen molar-refractivity contribution in [3.05, 3.63) is 46.5 Å². The van der Waals surface area contributed by atoms with Crippen molar-refractivity contribution in [2.24, 2.45) is 5.41 Å². The van der Waals surface area contributed by atoms with Crippen molar-refractivity contribution in [1.29, 1.82) is 0 Å². The number of benzene rings is 1. The Morgan fingerprint density at radius 3 is 2.76 bits per heavy atom. The second kappa shape index (κ2) is 8.66. The molecule has 1 unspecified atom stereocenters. The minimum absolute atomic E-state index is 0.0590. The molecule has 0 aliphatic rings. The van der Waals surface area contributed by atoms with Crippen molar-refractivity contribution >= 4 is 21.9 Å². The second-order valence-corrected chi connectivity index (χ2v) is 5.49. The van der Waals surface area contributed by atoms with Crippen molar-refractivity contribution in [2.75, 3.05) is 13.2 Å². The third-order valence-corrected chi connectivity index (χ3v) is 3.56. The van der Waals surface area contributed by atoms with Crippen LogP contribution in [0.3, 0.4) is 0 Å². The molecule has 1 atom stereocenters. The molecule has 0 radical (unpaired) electrons. The van der Waals surface area contributed by atoms with Crippen LogP contribution in [0.15, 0.2) is 40.9 Å². The molecule has 1 aromatic rings. The van der Waals surface area contributed by atoms with Crippen molar-refractivity contribution in [2.45, 2.75) is 20.3 Å². The first-order valence-electron chi connectivity index (χ1n) is 6.74. The Balaban J connectivity index is 3.05. The molecule has 0 heterocycles. The van der Waals surface area contributed by atoms with Crippen molar-refractivity contribution in [1.82, 2.24) is 0 Å². The van der Waals surface area contributed by atoms with Gasteiger partial charge in [-0.15, -0.1) is 0 Å². The van der Waals surface area contributed by atoms with Crippen LogP contribution in [-0.2, 0) is 9.53 Å². The number of hydrogen-bond acceptors (Lipinski definition) is 3. The fraction of sp³-hybridized carbons (Fsp3) is 0.353. The summed E-state index contributed by atoms with van der Waals surface area (Å²) in [5.74, 6) is 5.68. The fourth-order valence-corrected chi connectivity index (χ4v) is 2.02. The van der Waals surface area contributed by atoms with Crippen LogP contribution in [0.25, 0.3) is 0 Å². The number of ether oxygens (including phenoxy) is 1. The SMILES string of the molecule is CCOC(=O)C(C)(C#Cc1ccccc1Br)C/C=C\CO. The second-order valence-electron chi connectivity index (χ2n) is 4.64. The third-order valence-electron chi connectivity index (χ3n) is 2.87. The molecule has 1 N–H and O–H groups in total. The van der Waals surface area contributed by atoms with Crippen molar-refractivity contribution < 1.29 is 14.6 Å². The summed E-state index contributed by atoms with van der Waals surface area (Å²) in [5.41, 5.74) is -0.115. The molecular formula is C17H19BrO3. The summed E-state index contributed by atoms with van der Waals surface area (Å²) in [6, 6.07) is 7.58. The highest BCUT2D eigenvalue weighted by Gasteiger charge is 2.31. The normalized spacial score (nSPS) is 13.3. The summed E-state index contributed by atoms with van der Waals surface area (Å²) in [7, 11) is 0. The summed E-state index contributed by atoms with van der Waals surface area (Å²) in [6.45, 7) is 3.77. The van der Waals surface area contributed by atoms with E-state index in [0.717, 1.165) is 10.0 Å². The zero-order chi connectivity index (χ0) is 15.7. The van der Waals surface area contributed by atoms with E-state index >= 15 is 0 Å². The van der Waals surface area contributed by atoms with Crippen LogP contribution in [-0.4, -0.2) is 24.3 Å². The molecule has 0 aromatic heterocycles. The molecular weight excluding hydrogens is 332 g/mol. The van der Waals surface area contributed by atoms with E-state index in [9.17, 15) is 4.79 Å². The lowest BCUT2D eigenvalue weighted by Gasteiger charge is -2.19. The number of allylic oxidation sites excluding steroid dienone is 1. The molecule has 0 spiro atoms. The van der Waals surface area contributed by atoms with E-state index in [2.05, 4.69) is 27.8 Å². The van der Waals surface area contributed by atoms with Crippen LogP contribution in [0.2, 0.25) is 0 Å². The first-order chi connectivity index (χ1) is 10.0. The van der Waals surface area contributed by atoms with E-state index in [4.69, 9.17) is 9.84 Å². The maximum Gasteiger partial charge on any atom is 0.324 e. The molecule has 0 saturated carbocycles. The number of hydrogen-bond donors (Lipinski definition) is 1. The number of aliphatic hydroxyl groups excluding tert-OH is 1. The predicted octanol–water partition coefficient (Wildman–Crippen LogP) is 3.31. The Bertz CT molecular complexity index is 569. The molecule has 21 heavy (non-hydrogen) atoms. The molecule has 1 aromatic carbocycles. The predicted molar refractivity (Wildman–Crippen MR) is 86.6 cm³/mol. The van der Waals surface area contributed by atoms with Crippen LogP contribution < -0.4 is 0 Å². The van der Waals surface area contributed by atoms with Gasteiger partial charge in [0.2, 0.25) is 0 Å². The van der Waals surface area contributed by atoms with E-state index in [1.165, 1.54) is 0 Å². The van der Waals surface area contributed by atoms with Crippen LogP contribution in [0.4, 0.5) is 0 Å². The standard InChI is InChI=1S/C17H19BrO3/c1-3-21-16(20)17(2,11-6-7-13-19)12-10-14-8-4-5-9-15(14)18/h4-9,19H,3,11,13H2,1-2H3/b7-6-. The van der Waals surface area contributed by atoms with Gasteiger partial charge >= 0.3 is 5.97 Å². The Kier molecular flexibility index (Phi) is 7.21. The zero-order valence-electron chi connectivity index (χ0n) is 12.2. The molecule has 0 amide bonds. The first-order valence-corrected chi connectivity index (χ1v) is 7.53. The van der Waals surface area contributed by atoms with Gasteiger partial charge in [-0.2, -0.15) is 0 Å². The van der Waals surface area contributed by atoms with Gasteiger partial charge in [0.05, 0.1) is 13.2 Å². The number of esters is 1. The highest BCUT2D eigenvalue weighted by Crippen LogP contribution is 2.24. The summed E-state index contributed by atoms with van der Waals surface area (Å²) < 4.78 is 5.99. The number of rotatable bonds is 5. The van der Waals surface area contributed by atoms with Crippen LogP contribution in [0.1, 0.15) is 25.8 Å². The van der Waals surface area contributed by atoms with E-state index < -0.39 is 5.41 Å². The van der Waals surface area contributed by atoms with E-state index in [0.29, 0.717) is 13.0 Å². The highest BCUT2D eigenvalue weighted by molar-refractivity contribution is 9.10. The van der Waals surface area contributed by atoms with E-state index in [1.54, 1.807) is 26.0 Å². The number of carbonyl (C=O) groups excluding carboxylic acids is 1. The van der Waals surface area contributed by atoms with Crippen LogP contribution in [0, 0.1) is 17.3 Å². The Morgan fingerprint density at radius 1 is 1.43 bits per heavy atom. The number of carbonyl (C=O) groups is 1. The molecule has 0 bridgehead atoms. The topological polar surface area (TPSA) is 46.5 Å². The van der Waals surface area contributed by atoms with Gasteiger partial charge in [0.15, 0.2) is 0 Å². The number of halogens is 1. The number of aliphatic hydroxyl groups is 1. The quantitative estimate of drug-likeness (QED) is 0.503. The lowest BCUT2D eigenvalue weighted by molar-refractivity contribution is -0.150. The molecule has 1 rings (SSSR count). The smallest absolute Gasteiger partial charge is 0.324 e. The highest BCUT2D eigenvalue weighted by atomic mass is 79.9. The van der Waals surface area contributed by atoms with Gasteiger partial charge in [-0.1, -0.05) is 36.1 Å². The van der Waals surface area contributed by atoms with E-state index in [-0.39, 0.29) is 12.6 Å². The van der Waals surface area contributed by atoms with Crippen molar-refractivity contribution in [3.8, 4) is 11.8 Å². The van der Waals surface area contributed by atoms with Crippen molar-refractivity contribution in [3.63, 3.8) is 0 Å². The molecule has 0 saturated heterocycles. The molecule has 0 fully saturated rings. The molecule has 0 aliphatic carbocycles. The van der Waals surface area contributed by atoms with Gasteiger partial charge in [-0.25, -0.2) is 0 Å². The van der Waals surface area contributed by atoms with Crippen LogP contribution in [0.5, 0.6) is 0 Å². The lowest BCUT2D eigenvalue weighted by atomic mass is 9.87. The minimum Gasteiger partial charge on any atom is -0.465 e. The maximum absolute atomic E-state index is 12.1. The first kappa shape index (κ1) is 17.5. The zero-order valence-corrected chi connectivity index (χ0v) is 13.8. The minimum atomic E-state index is -0.934. The molecule has 3 nitrogen and oxygen atoms in total. The Hall–Kier alpha value is -1.57. The Morgan fingerprint density at radius 2 is 2.14 bits per heavy atom. The summed E-state index contributed by atoms with van der Waals surface area (Å²) >= 11 is 3.43. The lowest BCUT2D eigenvalue weighted by Crippen LogP contribution is -2.28. The Labute approximate surface area is 134 Å². The average Bonchev–Trinajstić information content (AvgIpc) is 2.47. The van der Waals surface area contributed by atoms with E-state index in [1.807, 2.05) is 24.3 Å². The van der Waals surface area contributed by atoms with Gasteiger partial charge < -0.3 is 9.84 Å². The molecule has 112 valence electrons. The van der Waals surface area contributed by atoms with Gasteiger partial charge in [0.1, 0.15) is 5.41 Å². The largest absolute Gasteiger partial charge is 0.465 e. The van der Waals surface area contributed by atoms with Crippen LogP contribution >= 0.6 is 15.9 Å². The van der Waals surface area contributed by atoms with Gasteiger partial charge in [-0.05, 0) is 48.3 Å². The maximum atomic E-state index is 12.1. The fourth-order valence-electron chi connectivity index (χ4n) is 1.64. The van der Waals surface area contributed by atoms with Gasteiger partial charge in [-0.3, -0.25) is 4.79 Å². The molecule has 4 heteroatoms. The monoisotopic (exact) mass is 350 g/mol. The van der Waals surface area contributed by atoms with Gasteiger partial charge in [0.25, 0.3) is 0 Å². The molecule has 0 aliphatic heterocycles.